The Balaban J connectivity index is 1.87. The SMILES string of the molecule is CC1(C)CCC(O)(CNc2cccnn2)CC1. The van der Waals surface area contributed by atoms with Crippen LogP contribution in [0, 0.1) is 5.41 Å². The minimum Gasteiger partial charge on any atom is -0.388 e. The van der Waals surface area contributed by atoms with Gasteiger partial charge in [0.25, 0.3) is 0 Å². The summed E-state index contributed by atoms with van der Waals surface area (Å²) in [7, 11) is 0. The van der Waals surface area contributed by atoms with E-state index < -0.39 is 5.60 Å². The summed E-state index contributed by atoms with van der Waals surface area (Å²) in [6.07, 6.45) is 5.50. The molecule has 2 N–H and O–H groups in total. The van der Waals surface area contributed by atoms with Crippen LogP contribution in [-0.4, -0.2) is 27.4 Å². The molecule has 0 aliphatic heterocycles. The Labute approximate surface area is 102 Å². The van der Waals surface area contributed by atoms with Crippen molar-refractivity contribution >= 4 is 5.82 Å². The van der Waals surface area contributed by atoms with Gasteiger partial charge in [0.05, 0.1) is 5.60 Å². The van der Waals surface area contributed by atoms with Crippen LogP contribution < -0.4 is 5.32 Å². The first-order chi connectivity index (χ1) is 7.99. The first-order valence-corrected chi connectivity index (χ1v) is 6.23. The van der Waals surface area contributed by atoms with Gasteiger partial charge in [0, 0.05) is 12.7 Å². The van der Waals surface area contributed by atoms with Crippen LogP contribution in [0.5, 0.6) is 0 Å². The summed E-state index contributed by atoms with van der Waals surface area (Å²) in [6, 6.07) is 3.70. The van der Waals surface area contributed by atoms with Gasteiger partial charge in [-0.2, -0.15) is 5.10 Å². The molecular formula is C13H21N3O. The third-order valence-corrected chi connectivity index (χ3v) is 3.71. The van der Waals surface area contributed by atoms with Crippen LogP contribution in [0.25, 0.3) is 0 Å². The average Bonchev–Trinajstić information content (AvgIpc) is 2.33. The molecule has 1 aliphatic rings. The molecule has 0 bridgehead atoms. The largest absolute Gasteiger partial charge is 0.388 e. The lowest BCUT2D eigenvalue weighted by Gasteiger charge is -2.40. The van der Waals surface area contributed by atoms with Crippen LogP contribution >= 0.6 is 0 Å². The van der Waals surface area contributed by atoms with Crippen molar-refractivity contribution in [2.24, 2.45) is 5.41 Å². The molecule has 1 aromatic rings. The summed E-state index contributed by atoms with van der Waals surface area (Å²) in [5.41, 5.74) is -0.216. The van der Waals surface area contributed by atoms with Gasteiger partial charge in [-0.15, -0.1) is 5.10 Å². The molecule has 0 aromatic carbocycles. The zero-order valence-corrected chi connectivity index (χ0v) is 10.6. The van der Waals surface area contributed by atoms with Gasteiger partial charge >= 0.3 is 0 Å². The van der Waals surface area contributed by atoms with E-state index in [4.69, 9.17) is 0 Å². The number of nitrogens with zero attached hydrogens (tertiary/aromatic N) is 2. The number of anilines is 1. The molecule has 1 aliphatic carbocycles. The van der Waals surface area contributed by atoms with Crippen molar-refractivity contribution in [1.29, 1.82) is 0 Å². The Bertz CT molecular complexity index is 354. The standard InChI is InChI=1S/C13H21N3O/c1-12(2)5-7-13(17,8-6-12)10-14-11-4-3-9-15-16-11/h3-4,9,17H,5-8,10H2,1-2H3,(H,14,16). The van der Waals surface area contributed by atoms with E-state index in [1.165, 1.54) is 0 Å². The summed E-state index contributed by atoms with van der Waals surface area (Å²) in [6.45, 7) is 5.09. The molecule has 0 radical (unpaired) electrons. The van der Waals surface area contributed by atoms with E-state index in [9.17, 15) is 5.11 Å². The van der Waals surface area contributed by atoms with Crippen molar-refractivity contribution in [2.75, 3.05) is 11.9 Å². The third kappa shape index (κ3) is 3.40. The van der Waals surface area contributed by atoms with Gasteiger partial charge in [-0.25, -0.2) is 0 Å². The summed E-state index contributed by atoms with van der Waals surface area (Å²) in [4.78, 5) is 0. The normalized spacial score (nSPS) is 22.1. The van der Waals surface area contributed by atoms with Crippen molar-refractivity contribution in [1.82, 2.24) is 10.2 Å². The molecule has 2 rings (SSSR count). The lowest BCUT2D eigenvalue weighted by Crippen LogP contribution is -2.42. The highest BCUT2D eigenvalue weighted by Crippen LogP contribution is 2.40. The number of hydrogen-bond donors (Lipinski definition) is 2. The van der Waals surface area contributed by atoms with Gasteiger partial charge in [0.2, 0.25) is 0 Å². The van der Waals surface area contributed by atoms with Gasteiger partial charge < -0.3 is 10.4 Å². The lowest BCUT2D eigenvalue weighted by molar-refractivity contribution is -0.0146. The molecule has 4 nitrogen and oxygen atoms in total. The molecule has 0 amide bonds. The fraction of sp³-hybridized carbons (Fsp3) is 0.692. The fourth-order valence-corrected chi connectivity index (χ4v) is 2.22. The number of aliphatic hydroxyl groups is 1. The maximum absolute atomic E-state index is 10.5. The van der Waals surface area contributed by atoms with Crippen LogP contribution in [0.2, 0.25) is 0 Å². The van der Waals surface area contributed by atoms with E-state index in [1.807, 2.05) is 12.1 Å². The summed E-state index contributed by atoms with van der Waals surface area (Å²) in [5.74, 6) is 0.728. The minimum atomic E-state index is -0.590. The second-order valence-corrected chi connectivity index (χ2v) is 5.85. The molecule has 1 heterocycles. The van der Waals surface area contributed by atoms with E-state index in [2.05, 4.69) is 29.4 Å². The fourth-order valence-electron chi connectivity index (χ4n) is 2.22. The van der Waals surface area contributed by atoms with E-state index >= 15 is 0 Å². The summed E-state index contributed by atoms with van der Waals surface area (Å²) < 4.78 is 0. The van der Waals surface area contributed by atoms with Crippen LogP contribution in [0.4, 0.5) is 5.82 Å². The van der Waals surface area contributed by atoms with Crippen LogP contribution in [0.1, 0.15) is 39.5 Å². The van der Waals surface area contributed by atoms with Gasteiger partial charge in [-0.1, -0.05) is 13.8 Å². The molecular weight excluding hydrogens is 214 g/mol. The van der Waals surface area contributed by atoms with E-state index in [0.717, 1.165) is 31.5 Å². The zero-order valence-electron chi connectivity index (χ0n) is 10.6. The molecule has 94 valence electrons. The monoisotopic (exact) mass is 235 g/mol. The topological polar surface area (TPSA) is 58.0 Å². The smallest absolute Gasteiger partial charge is 0.148 e. The van der Waals surface area contributed by atoms with E-state index in [0.29, 0.717) is 12.0 Å². The quantitative estimate of drug-likeness (QED) is 0.843. The maximum Gasteiger partial charge on any atom is 0.148 e. The molecule has 0 saturated heterocycles. The molecule has 0 spiro atoms. The van der Waals surface area contributed by atoms with Crippen LogP contribution in [-0.2, 0) is 0 Å². The van der Waals surface area contributed by atoms with Gasteiger partial charge in [0.15, 0.2) is 0 Å². The minimum absolute atomic E-state index is 0.374. The molecule has 4 heteroatoms. The van der Waals surface area contributed by atoms with Crippen molar-refractivity contribution in [3.8, 4) is 0 Å². The molecule has 0 unspecified atom stereocenters. The summed E-state index contributed by atoms with van der Waals surface area (Å²) in [5, 5.41) is 21.4. The maximum atomic E-state index is 10.5. The van der Waals surface area contributed by atoms with Crippen molar-refractivity contribution < 1.29 is 5.11 Å². The number of nitrogens with one attached hydrogen (secondary N) is 1. The average molecular weight is 235 g/mol. The van der Waals surface area contributed by atoms with Crippen LogP contribution in [0.3, 0.4) is 0 Å². The molecule has 1 saturated carbocycles. The number of aromatic nitrogens is 2. The predicted molar refractivity (Wildman–Crippen MR) is 67.7 cm³/mol. The lowest BCUT2D eigenvalue weighted by atomic mass is 9.71. The second-order valence-electron chi connectivity index (χ2n) is 5.85. The van der Waals surface area contributed by atoms with Gasteiger partial charge in [0.1, 0.15) is 5.82 Å². The highest BCUT2D eigenvalue weighted by molar-refractivity contribution is 5.32. The zero-order chi connectivity index (χ0) is 12.4. The Morgan fingerprint density at radius 1 is 1.29 bits per heavy atom. The third-order valence-electron chi connectivity index (χ3n) is 3.71. The first-order valence-electron chi connectivity index (χ1n) is 6.23. The Hall–Kier alpha value is -1.16. The van der Waals surface area contributed by atoms with Gasteiger partial charge in [-0.05, 0) is 43.2 Å². The Kier molecular flexibility index (Phi) is 3.33. The number of rotatable bonds is 3. The van der Waals surface area contributed by atoms with Crippen molar-refractivity contribution in [3.63, 3.8) is 0 Å². The highest BCUT2D eigenvalue weighted by Gasteiger charge is 2.36. The molecule has 1 fully saturated rings. The van der Waals surface area contributed by atoms with Gasteiger partial charge in [-0.3, -0.25) is 0 Å². The van der Waals surface area contributed by atoms with Crippen LogP contribution in [0.15, 0.2) is 18.3 Å². The van der Waals surface area contributed by atoms with E-state index in [1.54, 1.807) is 6.20 Å². The first kappa shape index (κ1) is 12.3. The second kappa shape index (κ2) is 4.61. The Morgan fingerprint density at radius 2 is 2.00 bits per heavy atom. The highest BCUT2D eigenvalue weighted by atomic mass is 16.3. The predicted octanol–water partition coefficient (Wildman–Crippen LogP) is 2.22. The van der Waals surface area contributed by atoms with Crippen molar-refractivity contribution in [2.45, 2.75) is 45.1 Å². The molecule has 17 heavy (non-hydrogen) atoms. The molecule has 0 atom stereocenters. The summed E-state index contributed by atoms with van der Waals surface area (Å²) >= 11 is 0. The van der Waals surface area contributed by atoms with Crippen molar-refractivity contribution in [3.05, 3.63) is 18.3 Å². The van der Waals surface area contributed by atoms with E-state index in [-0.39, 0.29) is 0 Å². The number of hydrogen-bond acceptors (Lipinski definition) is 4. The molecule has 1 aromatic heterocycles. The Morgan fingerprint density at radius 3 is 2.59 bits per heavy atom.